The van der Waals surface area contributed by atoms with Crippen LogP contribution in [0.5, 0.6) is 0 Å². The van der Waals surface area contributed by atoms with Gasteiger partial charge < -0.3 is 14.8 Å². The van der Waals surface area contributed by atoms with E-state index in [4.69, 9.17) is 4.42 Å². The number of nitriles is 1. The van der Waals surface area contributed by atoms with E-state index in [0.29, 0.717) is 11.6 Å². The van der Waals surface area contributed by atoms with Gasteiger partial charge in [-0.05, 0) is 31.9 Å². The smallest absolute Gasteiger partial charge is 0.256 e. The molecule has 2 aromatic rings. The Bertz CT molecular complexity index is 771. The van der Waals surface area contributed by atoms with E-state index < -0.39 is 0 Å². The molecule has 6 nitrogen and oxygen atoms in total. The Morgan fingerprint density at radius 2 is 2.08 bits per heavy atom. The Balaban J connectivity index is 1.88. The number of furan rings is 1. The normalized spacial score (nSPS) is 20.7. The Morgan fingerprint density at radius 1 is 1.36 bits per heavy atom. The number of carbonyl (C=O) groups is 1. The average molecular weight is 341 g/mol. The predicted octanol–water partition coefficient (Wildman–Crippen LogP) is 2.92. The van der Waals surface area contributed by atoms with Crippen LogP contribution >= 0.6 is 0 Å². The van der Waals surface area contributed by atoms with Crippen molar-refractivity contribution in [2.24, 2.45) is 5.92 Å². The fourth-order valence-electron chi connectivity index (χ4n) is 3.59. The molecule has 2 N–H and O–H groups in total. The first kappa shape index (κ1) is 17.3. The van der Waals surface area contributed by atoms with E-state index in [1.807, 2.05) is 12.1 Å². The van der Waals surface area contributed by atoms with Crippen molar-refractivity contribution in [1.29, 1.82) is 5.26 Å². The summed E-state index contributed by atoms with van der Waals surface area (Å²) >= 11 is 0. The summed E-state index contributed by atoms with van der Waals surface area (Å²) in [5, 5.41) is 22.2. The molecule has 2 heterocycles. The van der Waals surface area contributed by atoms with Gasteiger partial charge in [-0.1, -0.05) is 19.3 Å². The summed E-state index contributed by atoms with van der Waals surface area (Å²) in [6, 6.07) is 5.69. The first-order chi connectivity index (χ1) is 12.2. The first-order valence-corrected chi connectivity index (χ1v) is 8.74. The maximum absolute atomic E-state index is 12.9. The van der Waals surface area contributed by atoms with Gasteiger partial charge in [0.05, 0.1) is 0 Å². The number of carbonyl (C=O) groups excluding carboxylic acids is 1. The fraction of sp³-hybridized carbons (Fsp3) is 0.474. The second-order valence-corrected chi connectivity index (χ2v) is 6.58. The van der Waals surface area contributed by atoms with Gasteiger partial charge in [0.1, 0.15) is 23.0 Å². The molecule has 0 spiro atoms. The highest BCUT2D eigenvalue weighted by Gasteiger charge is 2.29. The second-order valence-electron chi connectivity index (χ2n) is 6.58. The zero-order valence-electron chi connectivity index (χ0n) is 14.4. The molecule has 25 heavy (non-hydrogen) atoms. The van der Waals surface area contributed by atoms with Crippen LogP contribution in [0.25, 0.3) is 5.88 Å². The summed E-state index contributed by atoms with van der Waals surface area (Å²) in [5.74, 6) is 0.538. The van der Waals surface area contributed by atoms with Gasteiger partial charge in [0.2, 0.25) is 5.88 Å². The van der Waals surface area contributed by atoms with Crippen LogP contribution in [-0.2, 0) is 0 Å². The summed E-state index contributed by atoms with van der Waals surface area (Å²) in [6.07, 6.45) is 8.53. The lowest BCUT2D eigenvalue weighted by atomic mass is 9.95. The van der Waals surface area contributed by atoms with Crippen molar-refractivity contribution < 1.29 is 14.3 Å². The minimum absolute atomic E-state index is 0.0631. The van der Waals surface area contributed by atoms with Gasteiger partial charge in [-0.15, -0.1) is 0 Å². The van der Waals surface area contributed by atoms with Crippen molar-refractivity contribution in [3.8, 4) is 12.0 Å². The van der Waals surface area contributed by atoms with Gasteiger partial charge >= 0.3 is 0 Å². The molecule has 6 heteroatoms. The van der Waals surface area contributed by atoms with Crippen molar-refractivity contribution in [2.75, 3.05) is 6.61 Å². The first-order valence-electron chi connectivity index (χ1n) is 8.74. The second kappa shape index (κ2) is 7.58. The molecule has 1 amide bonds. The van der Waals surface area contributed by atoms with Crippen LogP contribution in [0, 0.1) is 24.2 Å². The zero-order chi connectivity index (χ0) is 17.8. The van der Waals surface area contributed by atoms with Crippen LogP contribution in [0.1, 0.15) is 53.8 Å². The molecule has 1 aliphatic rings. The zero-order valence-corrected chi connectivity index (χ0v) is 14.4. The molecule has 0 aliphatic heterocycles. The third-order valence-electron chi connectivity index (χ3n) is 4.95. The monoisotopic (exact) mass is 341 g/mol. The molecule has 0 saturated heterocycles. The largest absolute Gasteiger partial charge is 0.443 e. The maximum Gasteiger partial charge on any atom is 0.256 e. The third kappa shape index (κ3) is 3.47. The van der Waals surface area contributed by atoms with E-state index in [1.165, 1.54) is 0 Å². The summed E-state index contributed by atoms with van der Waals surface area (Å²) in [4.78, 5) is 12.9. The quantitative estimate of drug-likeness (QED) is 0.837. The molecular formula is C19H23N3O3. The number of hydrogen-bond acceptors (Lipinski definition) is 4. The lowest BCUT2D eigenvalue weighted by Crippen LogP contribution is -2.41. The summed E-state index contributed by atoms with van der Waals surface area (Å²) in [5.41, 5.74) is 0.521. The molecule has 1 saturated carbocycles. The van der Waals surface area contributed by atoms with E-state index >= 15 is 0 Å². The third-order valence-corrected chi connectivity index (χ3v) is 4.95. The molecule has 2 atom stereocenters. The van der Waals surface area contributed by atoms with Gasteiger partial charge in [-0.25, -0.2) is 0 Å². The average Bonchev–Trinajstić information content (AvgIpc) is 3.18. The summed E-state index contributed by atoms with van der Waals surface area (Å²) in [6.45, 7) is 1.76. The number of aliphatic hydroxyl groups is 1. The van der Waals surface area contributed by atoms with E-state index in [1.54, 1.807) is 23.9 Å². The van der Waals surface area contributed by atoms with Gasteiger partial charge in [-0.2, -0.15) is 5.26 Å². The Kier molecular flexibility index (Phi) is 5.25. The van der Waals surface area contributed by atoms with Crippen molar-refractivity contribution in [3.05, 3.63) is 41.4 Å². The van der Waals surface area contributed by atoms with Crippen molar-refractivity contribution in [2.45, 2.75) is 45.1 Å². The minimum atomic E-state index is -0.304. The van der Waals surface area contributed by atoms with Crippen LogP contribution in [0.4, 0.5) is 0 Å². The van der Waals surface area contributed by atoms with Gasteiger partial charge in [0, 0.05) is 31.0 Å². The molecule has 132 valence electrons. The Morgan fingerprint density at radius 3 is 2.76 bits per heavy atom. The van der Waals surface area contributed by atoms with Gasteiger partial charge in [-0.3, -0.25) is 9.36 Å². The highest BCUT2D eigenvalue weighted by Crippen LogP contribution is 2.27. The maximum atomic E-state index is 12.9. The van der Waals surface area contributed by atoms with Gasteiger partial charge in [0.15, 0.2) is 0 Å². The van der Waals surface area contributed by atoms with Crippen molar-refractivity contribution in [3.63, 3.8) is 0 Å². The lowest BCUT2D eigenvalue weighted by molar-refractivity contribution is 0.0898. The summed E-state index contributed by atoms with van der Waals surface area (Å²) in [7, 11) is 0. The van der Waals surface area contributed by atoms with E-state index in [9.17, 15) is 15.2 Å². The van der Waals surface area contributed by atoms with E-state index in [0.717, 1.165) is 32.1 Å². The number of rotatable bonds is 4. The van der Waals surface area contributed by atoms with Crippen molar-refractivity contribution in [1.82, 2.24) is 9.88 Å². The summed E-state index contributed by atoms with van der Waals surface area (Å²) < 4.78 is 7.38. The highest BCUT2D eigenvalue weighted by molar-refractivity contribution is 5.98. The molecule has 2 unspecified atom stereocenters. The number of aromatic nitrogens is 1. The molecule has 1 fully saturated rings. The molecule has 0 radical (unpaired) electrons. The number of nitrogens with one attached hydrogen (secondary N) is 1. The number of hydrogen-bond donors (Lipinski definition) is 2. The Hall–Kier alpha value is -2.52. The molecule has 3 rings (SSSR count). The predicted molar refractivity (Wildman–Crippen MR) is 92.4 cm³/mol. The molecular weight excluding hydrogens is 318 g/mol. The molecule has 1 aliphatic carbocycles. The number of aliphatic hydroxyl groups excluding tert-OH is 1. The van der Waals surface area contributed by atoms with Crippen molar-refractivity contribution >= 4 is 5.91 Å². The molecule has 0 aromatic carbocycles. The number of aryl methyl sites for hydroxylation is 1. The minimum Gasteiger partial charge on any atom is -0.443 e. The van der Waals surface area contributed by atoms with Gasteiger partial charge in [0.25, 0.3) is 5.91 Å². The standard InChI is InChI=1S/C19H23N3O3/c1-13-17(15(11-20)19(25-13)22-9-5-6-10-22)18(24)21-16-8-4-2-3-7-14(16)12-23/h5-6,9-10,14,16,23H,2-4,7-8,12H2,1H3,(H,21,24). The molecule has 2 aromatic heterocycles. The SMILES string of the molecule is Cc1oc(-n2cccc2)c(C#N)c1C(=O)NC1CCCCCC1CO. The number of amides is 1. The van der Waals surface area contributed by atoms with Crippen LogP contribution in [-0.4, -0.2) is 28.2 Å². The van der Waals surface area contributed by atoms with E-state index in [-0.39, 0.29) is 35.6 Å². The van der Waals surface area contributed by atoms with Crippen LogP contribution in [0.2, 0.25) is 0 Å². The topological polar surface area (TPSA) is 91.2 Å². The van der Waals surface area contributed by atoms with Crippen LogP contribution in [0.15, 0.2) is 28.9 Å². The number of nitrogens with zero attached hydrogens (tertiary/aromatic N) is 2. The van der Waals surface area contributed by atoms with E-state index in [2.05, 4.69) is 11.4 Å². The highest BCUT2D eigenvalue weighted by atomic mass is 16.4. The van der Waals surface area contributed by atoms with Crippen LogP contribution in [0.3, 0.4) is 0 Å². The Labute approximate surface area is 147 Å². The fourth-order valence-corrected chi connectivity index (χ4v) is 3.59. The van der Waals surface area contributed by atoms with Crippen LogP contribution < -0.4 is 5.32 Å². The lowest BCUT2D eigenvalue weighted by Gasteiger charge is -2.24. The molecule has 0 bridgehead atoms.